The zero-order chi connectivity index (χ0) is 15.9. The molecule has 1 saturated carbocycles. The van der Waals surface area contributed by atoms with Crippen LogP contribution in [0.25, 0.3) is 11.1 Å². The summed E-state index contributed by atoms with van der Waals surface area (Å²) in [5, 5.41) is 3.58. The molecule has 4 nitrogen and oxygen atoms in total. The van der Waals surface area contributed by atoms with E-state index >= 15 is 0 Å². The molecule has 1 aromatic heterocycles. The summed E-state index contributed by atoms with van der Waals surface area (Å²) in [6.07, 6.45) is 11.9. The Balaban J connectivity index is 1.40. The monoisotopic (exact) mass is 317 g/mol. The molecular formula is C20H19N3O. The third-order valence-corrected chi connectivity index (χ3v) is 5.16. The van der Waals surface area contributed by atoms with Gasteiger partial charge in [0.1, 0.15) is 6.10 Å². The van der Waals surface area contributed by atoms with Crippen molar-refractivity contribution < 1.29 is 4.74 Å². The van der Waals surface area contributed by atoms with Gasteiger partial charge in [0.25, 0.3) is 0 Å². The molecule has 3 heterocycles. The number of nitrogens with zero attached hydrogens (tertiary/aromatic N) is 2. The maximum atomic E-state index is 5.83. The van der Waals surface area contributed by atoms with Gasteiger partial charge in [-0.05, 0) is 48.6 Å². The van der Waals surface area contributed by atoms with Crippen LogP contribution in [0, 0.1) is 0 Å². The summed E-state index contributed by atoms with van der Waals surface area (Å²) in [6.45, 7) is 0. The topological polar surface area (TPSA) is 46.5 Å². The molecule has 4 heteroatoms. The molecular weight excluding hydrogens is 298 g/mol. The Morgan fingerprint density at radius 1 is 1.08 bits per heavy atom. The van der Waals surface area contributed by atoms with E-state index < -0.39 is 0 Å². The summed E-state index contributed by atoms with van der Waals surface area (Å²) < 4.78 is 5.83. The van der Waals surface area contributed by atoms with Crippen molar-refractivity contribution in [2.75, 3.05) is 5.32 Å². The van der Waals surface area contributed by atoms with E-state index in [0.717, 1.165) is 24.3 Å². The molecule has 0 spiro atoms. The van der Waals surface area contributed by atoms with Gasteiger partial charge in [-0.1, -0.05) is 12.1 Å². The number of hydrogen-bond donors (Lipinski definition) is 1. The highest BCUT2D eigenvalue weighted by Crippen LogP contribution is 2.39. The number of benzene rings is 1. The van der Waals surface area contributed by atoms with Crippen LogP contribution in [0.1, 0.15) is 30.7 Å². The summed E-state index contributed by atoms with van der Waals surface area (Å²) in [5.74, 6) is 1.07. The molecule has 2 atom stereocenters. The second-order valence-electron chi connectivity index (χ2n) is 6.69. The summed E-state index contributed by atoms with van der Waals surface area (Å²) in [6, 6.07) is 11.0. The van der Waals surface area contributed by atoms with Gasteiger partial charge in [-0.15, -0.1) is 0 Å². The molecule has 120 valence electrons. The van der Waals surface area contributed by atoms with Gasteiger partial charge < -0.3 is 10.1 Å². The Labute approximate surface area is 141 Å². The first-order chi connectivity index (χ1) is 11.9. The lowest BCUT2D eigenvalue weighted by atomic mass is 9.94. The van der Waals surface area contributed by atoms with E-state index in [9.17, 15) is 0 Å². The molecule has 24 heavy (non-hydrogen) atoms. The van der Waals surface area contributed by atoms with E-state index in [4.69, 9.17) is 4.74 Å². The van der Waals surface area contributed by atoms with Crippen LogP contribution in [0.4, 0.5) is 5.69 Å². The average molecular weight is 317 g/mol. The van der Waals surface area contributed by atoms with Crippen LogP contribution in [0.15, 0.2) is 53.8 Å². The van der Waals surface area contributed by atoms with Crippen molar-refractivity contribution in [2.24, 2.45) is 4.99 Å². The van der Waals surface area contributed by atoms with Crippen LogP contribution in [0.2, 0.25) is 0 Å². The molecule has 1 N–H and O–H groups in total. The summed E-state index contributed by atoms with van der Waals surface area (Å²) in [7, 11) is 0. The van der Waals surface area contributed by atoms with Crippen molar-refractivity contribution in [3.63, 3.8) is 0 Å². The first-order valence-corrected chi connectivity index (χ1v) is 8.60. The molecule has 1 aliphatic carbocycles. The lowest BCUT2D eigenvalue weighted by Crippen LogP contribution is -2.24. The molecule has 0 amide bonds. The van der Waals surface area contributed by atoms with Gasteiger partial charge in [-0.25, -0.2) is 4.98 Å². The average Bonchev–Trinajstić information content (AvgIpc) is 2.96. The van der Waals surface area contributed by atoms with E-state index in [0.29, 0.717) is 18.1 Å². The molecule has 1 fully saturated rings. The standard InChI is InChI=1S/C20H19N3O/c1-2-15(3-1)24-20-7-5-14(11-22-20)13-4-6-16-17-12-21-9-8-18(17)23-19(16)10-13/h4-12,15,17-18,23H,1-3H2. The Morgan fingerprint density at radius 2 is 2.00 bits per heavy atom. The highest BCUT2D eigenvalue weighted by Gasteiger charge is 2.30. The van der Waals surface area contributed by atoms with Crippen LogP contribution in [0.3, 0.4) is 0 Å². The number of nitrogens with one attached hydrogen (secondary N) is 1. The summed E-state index contributed by atoms with van der Waals surface area (Å²) in [5.41, 5.74) is 4.79. The zero-order valence-electron chi connectivity index (χ0n) is 13.4. The van der Waals surface area contributed by atoms with E-state index in [1.54, 1.807) is 0 Å². The van der Waals surface area contributed by atoms with Gasteiger partial charge in [-0.2, -0.15) is 0 Å². The number of pyridine rings is 1. The van der Waals surface area contributed by atoms with Crippen molar-refractivity contribution in [3.8, 4) is 17.0 Å². The number of ether oxygens (including phenoxy) is 1. The van der Waals surface area contributed by atoms with Gasteiger partial charge >= 0.3 is 0 Å². The number of fused-ring (bicyclic) bond motifs is 3. The smallest absolute Gasteiger partial charge is 0.213 e. The Morgan fingerprint density at radius 3 is 2.79 bits per heavy atom. The Hall–Kier alpha value is -2.62. The number of anilines is 1. The maximum Gasteiger partial charge on any atom is 0.213 e. The van der Waals surface area contributed by atoms with Crippen molar-refractivity contribution in [2.45, 2.75) is 37.3 Å². The van der Waals surface area contributed by atoms with E-state index in [-0.39, 0.29) is 0 Å². The van der Waals surface area contributed by atoms with E-state index in [1.165, 1.54) is 23.2 Å². The van der Waals surface area contributed by atoms with Crippen LogP contribution >= 0.6 is 0 Å². The number of aromatic nitrogens is 1. The van der Waals surface area contributed by atoms with Crippen LogP contribution < -0.4 is 10.1 Å². The third kappa shape index (κ3) is 2.30. The van der Waals surface area contributed by atoms with Crippen LogP contribution in [-0.2, 0) is 0 Å². The number of hydrogen-bond acceptors (Lipinski definition) is 4. The van der Waals surface area contributed by atoms with Gasteiger partial charge in [0.15, 0.2) is 0 Å². The quantitative estimate of drug-likeness (QED) is 0.925. The molecule has 0 radical (unpaired) electrons. The second-order valence-corrected chi connectivity index (χ2v) is 6.69. The molecule has 2 unspecified atom stereocenters. The fourth-order valence-electron chi connectivity index (χ4n) is 3.52. The maximum absolute atomic E-state index is 5.83. The summed E-state index contributed by atoms with van der Waals surface area (Å²) in [4.78, 5) is 8.74. The largest absolute Gasteiger partial charge is 0.474 e. The van der Waals surface area contributed by atoms with Gasteiger partial charge in [-0.3, -0.25) is 4.99 Å². The molecule has 0 saturated heterocycles. The zero-order valence-corrected chi connectivity index (χ0v) is 13.4. The molecule has 1 aromatic carbocycles. The van der Waals surface area contributed by atoms with E-state index in [1.807, 2.05) is 24.7 Å². The fraction of sp³-hybridized carbons (Fsp3) is 0.300. The van der Waals surface area contributed by atoms with Gasteiger partial charge in [0, 0.05) is 41.8 Å². The minimum atomic E-state index is 0.323. The van der Waals surface area contributed by atoms with Crippen molar-refractivity contribution in [1.29, 1.82) is 0 Å². The summed E-state index contributed by atoms with van der Waals surface area (Å²) >= 11 is 0. The van der Waals surface area contributed by atoms with Gasteiger partial charge in [0.2, 0.25) is 5.88 Å². The lowest BCUT2D eigenvalue weighted by molar-refractivity contribution is 0.114. The minimum absolute atomic E-state index is 0.323. The van der Waals surface area contributed by atoms with E-state index in [2.05, 4.69) is 45.6 Å². The fourth-order valence-corrected chi connectivity index (χ4v) is 3.52. The van der Waals surface area contributed by atoms with Crippen LogP contribution in [-0.4, -0.2) is 23.3 Å². The molecule has 2 aromatic rings. The van der Waals surface area contributed by atoms with Crippen LogP contribution in [0.5, 0.6) is 5.88 Å². The highest BCUT2D eigenvalue weighted by atomic mass is 16.5. The first-order valence-electron chi connectivity index (χ1n) is 8.60. The van der Waals surface area contributed by atoms with Crippen molar-refractivity contribution in [1.82, 2.24) is 4.98 Å². The SMILES string of the molecule is C1=CC2Nc3cc(-c4ccc(OC5CCC5)nc4)ccc3C2C=N1. The molecule has 0 bridgehead atoms. The number of aliphatic imine (C=N–C) groups is 1. The molecule has 2 aliphatic heterocycles. The van der Waals surface area contributed by atoms with Crippen molar-refractivity contribution in [3.05, 3.63) is 54.4 Å². The number of rotatable bonds is 3. The third-order valence-electron chi connectivity index (χ3n) is 5.16. The highest BCUT2D eigenvalue weighted by molar-refractivity contribution is 5.82. The van der Waals surface area contributed by atoms with Gasteiger partial charge in [0.05, 0.1) is 6.04 Å². The minimum Gasteiger partial charge on any atom is -0.474 e. The molecule has 5 rings (SSSR count). The lowest BCUT2D eigenvalue weighted by Gasteiger charge is -2.25. The predicted molar refractivity (Wildman–Crippen MR) is 95.7 cm³/mol. The Bertz CT molecular complexity index is 821. The normalized spacial score (nSPS) is 24.0. The Kier molecular flexibility index (Phi) is 3.15. The first kappa shape index (κ1) is 13.8. The second kappa shape index (κ2) is 5.48. The van der Waals surface area contributed by atoms with Crippen molar-refractivity contribution >= 4 is 11.9 Å². The molecule has 3 aliphatic rings. The predicted octanol–water partition coefficient (Wildman–Crippen LogP) is 4.16.